The van der Waals surface area contributed by atoms with E-state index in [2.05, 4.69) is 139 Å². The molecule has 0 aliphatic rings. The summed E-state index contributed by atoms with van der Waals surface area (Å²) in [7, 11) is 0. The largest absolute Gasteiger partial charge is 0.454 e. The van der Waals surface area contributed by atoms with Gasteiger partial charge in [-0.3, -0.25) is 0 Å². The number of hydrogen-bond acceptors (Lipinski definition) is 2. The maximum atomic E-state index is 6.46. The van der Waals surface area contributed by atoms with Crippen molar-refractivity contribution in [2.45, 2.75) is 6.92 Å². The fraction of sp³-hybridized carbons (Fsp3) is 0.0270. The van der Waals surface area contributed by atoms with Gasteiger partial charge in [0.2, 0.25) is 0 Å². The zero-order valence-corrected chi connectivity index (χ0v) is 21.7. The summed E-state index contributed by atoms with van der Waals surface area (Å²) in [4.78, 5) is 2.29. The summed E-state index contributed by atoms with van der Waals surface area (Å²) in [6, 6.07) is 51.4. The van der Waals surface area contributed by atoms with Gasteiger partial charge in [0.25, 0.3) is 0 Å². The zero-order chi connectivity index (χ0) is 26.2. The lowest BCUT2D eigenvalue weighted by atomic mass is 10.0. The molecule has 1 heterocycles. The summed E-state index contributed by atoms with van der Waals surface area (Å²) in [5, 5.41) is 2.24. The van der Waals surface area contributed by atoms with Crippen LogP contribution in [0, 0.1) is 6.92 Å². The first kappa shape index (κ1) is 23.1. The SMILES string of the molecule is Cc1ccc(-c2ccc(N(c3ccc(-c4ccccc4)cc3)c3cccc4c3oc3ccccc34)cc2)cc1. The van der Waals surface area contributed by atoms with Gasteiger partial charge < -0.3 is 9.32 Å². The Kier molecular flexibility index (Phi) is 5.71. The topological polar surface area (TPSA) is 16.4 Å². The van der Waals surface area contributed by atoms with Gasteiger partial charge in [0.15, 0.2) is 5.58 Å². The molecule has 0 fully saturated rings. The molecule has 0 aliphatic heterocycles. The first-order valence-electron chi connectivity index (χ1n) is 13.3. The fourth-order valence-electron chi connectivity index (χ4n) is 5.32. The maximum Gasteiger partial charge on any atom is 0.159 e. The van der Waals surface area contributed by atoms with Crippen molar-refractivity contribution in [2.75, 3.05) is 4.90 Å². The molecule has 0 atom stereocenters. The minimum absolute atomic E-state index is 0.883. The van der Waals surface area contributed by atoms with Gasteiger partial charge in [-0.1, -0.05) is 115 Å². The van der Waals surface area contributed by atoms with E-state index in [9.17, 15) is 0 Å². The molecule has 6 aromatic carbocycles. The van der Waals surface area contributed by atoms with Crippen LogP contribution < -0.4 is 4.90 Å². The number of anilines is 3. The van der Waals surface area contributed by atoms with Gasteiger partial charge in [-0.05, 0) is 65.6 Å². The molecule has 0 N–H and O–H groups in total. The van der Waals surface area contributed by atoms with Gasteiger partial charge in [-0.15, -0.1) is 0 Å². The van der Waals surface area contributed by atoms with E-state index >= 15 is 0 Å². The zero-order valence-electron chi connectivity index (χ0n) is 21.7. The number of nitrogens with zero attached hydrogens (tertiary/aromatic N) is 1. The molecule has 0 aliphatic carbocycles. The van der Waals surface area contributed by atoms with E-state index in [-0.39, 0.29) is 0 Å². The summed E-state index contributed by atoms with van der Waals surface area (Å²) in [6.45, 7) is 2.12. The van der Waals surface area contributed by atoms with Gasteiger partial charge in [-0.25, -0.2) is 0 Å². The summed E-state index contributed by atoms with van der Waals surface area (Å²) in [5.74, 6) is 0. The average molecular weight is 502 g/mol. The first-order chi connectivity index (χ1) is 19.2. The number of rotatable bonds is 5. The molecule has 0 bridgehead atoms. The van der Waals surface area contributed by atoms with E-state index in [1.165, 1.54) is 27.8 Å². The van der Waals surface area contributed by atoms with Crippen LogP contribution in [0.1, 0.15) is 5.56 Å². The van der Waals surface area contributed by atoms with Crippen molar-refractivity contribution in [3.8, 4) is 22.3 Å². The molecule has 2 heteroatoms. The lowest BCUT2D eigenvalue weighted by molar-refractivity contribution is 0.669. The van der Waals surface area contributed by atoms with Crippen LogP contribution in [0.5, 0.6) is 0 Å². The van der Waals surface area contributed by atoms with Gasteiger partial charge in [0, 0.05) is 22.1 Å². The second-order valence-electron chi connectivity index (χ2n) is 9.91. The number of para-hydroxylation sites is 2. The monoisotopic (exact) mass is 501 g/mol. The summed E-state index contributed by atoms with van der Waals surface area (Å²) >= 11 is 0. The molecular formula is C37H27NO. The molecule has 0 saturated carbocycles. The van der Waals surface area contributed by atoms with Gasteiger partial charge in [-0.2, -0.15) is 0 Å². The van der Waals surface area contributed by atoms with E-state index < -0.39 is 0 Å². The summed E-state index contributed by atoms with van der Waals surface area (Å²) in [5.41, 5.74) is 11.0. The molecule has 7 aromatic rings. The number of aryl methyl sites for hydroxylation is 1. The molecule has 0 spiro atoms. The molecule has 0 unspecified atom stereocenters. The Morgan fingerprint density at radius 1 is 0.436 bits per heavy atom. The van der Waals surface area contributed by atoms with Gasteiger partial charge in [0.1, 0.15) is 5.58 Å². The fourth-order valence-corrected chi connectivity index (χ4v) is 5.32. The third-order valence-electron chi connectivity index (χ3n) is 7.37. The van der Waals surface area contributed by atoms with Crippen LogP contribution in [-0.2, 0) is 0 Å². The van der Waals surface area contributed by atoms with Crippen molar-refractivity contribution in [2.24, 2.45) is 0 Å². The molecule has 186 valence electrons. The van der Waals surface area contributed by atoms with Crippen LogP contribution in [0.25, 0.3) is 44.2 Å². The van der Waals surface area contributed by atoms with Gasteiger partial charge in [0.05, 0.1) is 5.69 Å². The Balaban J connectivity index is 1.37. The highest BCUT2D eigenvalue weighted by Gasteiger charge is 2.19. The number of benzene rings is 6. The Hall–Kier alpha value is -5.08. The van der Waals surface area contributed by atoms with Crippen molar-refractivity contribution in [1.29, 1.82) is 0 Å². The van der Waals surface area contributed by atoms with Crippen molar-refractivity contribution in [3.05, 3.63) is 151 Å². The number of fused-ring (bicyclic) bond motifs is 3. The highest BCUT2D eigenvalue weighted by molar-refractivity contribution is 6.10. The minimum Gasteiger partial charge on any atom is -0.454 e. The van der Waals surface area contributed by atoms with E-state index in [1.54, 1.807) is 0 Å². The molecule has 0 radical (unpaired) electrons. The second kappa shape index (κ2) is 9.66. The third-order valence-corrected chi connectivity index (χ3v) is 7.37. The van der Waals surface area contributed by atoms with Crippen LogP contribution in [0.15, 0.2) is 150 Å². The first-order valence-corrected chi connectivity index (χ1v) is 13.3. The average Bonchev–Trinajstić information content (AvgIpc) is 3.39. The number of furan rings is 1. The Bertz CT molecular complexity index is 1880. The predicted molar refractivity (Wildman–Crippen MR) is 164 cm³/mol. The van der Waals surface area contributed by atoms with Crippen molar-refractivity contribution >= 4 is 39.0 Å². The molecule has 39 heavy (non-hydrogen) atoms. The van der Waals surface area contributed by atoms with E-state index in [4.69, 9.17) is 4.42 Å². The quantitative estimate of drug-likeness (QED) is 0.233. The van der Waals surface area contributed by atoms with Crippen LogP contribution in [0.3, 0.4) is 0 Å². The molecule has 2 nitrogen and oxygen atoms in total. The normalized spacial score (nSPS) is 11.2. The molecule has 0 saturated heterocycles. The van der Waals surface area contributed by atoms with Crippen LogP contribution in [0.4, 0.5) is 17.1 Å². The highest BCUT2D eigenvalue weighted by atomic mass is 16.3. The maximum absolute atomic E-state index is 6.46. The van der Waals surface area contributed by atoms with Crippen molar-refractivity contribution in [1.82, 2.24) is 0 Å². The molecule has 1 aromatic heterocycles. The van der Waals surface area contributed by atoms with Gasteiger partial charge >= 0.3 is 0 Å². The molecule has 7 rings (SSSR count). The standard InChI is InChI=1S/C37H27NO/c1-26-14-16-28(17-15-26)30-20-24-32(25-21-30)38(31-22-18-29(19-23-31)27-8-3-2-4-9-27)35-12-7-11-34-33-10-5-6-13-36(33)39-37(34)35/h2-25H,1H3. The lowest BCUT2D eigenvalue weighted by Gasteiger charge is -2.26. The van der Waals surface area contributed by atoms with Crippen molar-refractivity contribution in [3.63, 3.8) is 0 Å². The second-order valence-corrected chi connectivity index (χ2v) is 9.91. The van der Waals surface area contributed by atoms with E-state index in [0.717, 1.165) is 39.0 Å². The molecular weight excluding hydrogens is 474 g/mol. The Morgan fingerprint density at radius 3 is 1.59 bits per heavy atom. The van der Waals surface area contributed by atoms with Crippen LogP contribution >= 0.6 is 0 Å². The minimum atomic E-state index is 0.883. The van der Waals surface area contributed by atoms with E-state index in [0.29, 0.717) is 0 Å². The highest BCUT2D eigenvalue weighted by Crippen LogP contribution is 2.42. The predicted octanol–water partition coefficient (Wildman–Crippen LogP) is 10.7. The lowest BCUT2D eigenvalue weighted by Crippen LogP contribution is -2.10. The molecule has 0 amide bonds. The Labute approximate surface area is 228 Å². The summed E-state index contributed by atoms with van der Waals surface area (Å²) < 4.78 is 6.46. The smallest absolute Gasteiger partial charge is 0.159 e. The summed E-state index contributed by atoms with van der Waals surface area (Å²) in [6.07, 6.45) is 0. The van der Waals surface area contributed by atoms with E-state index in [1.807, 2.05) is 18.2 Å². The van der Waals surface area contributed by atoms with Crippen LogP contribution in [-0.4, -0.2) is 0 Å². The van der Waals surface area contributed by atoms with Crippen LogP contribution in [0.2, 0.25) is 0 Å². The third kappa shape index (κ3) is 4.26. The Morgan fingerprint density at radius 2 is 0.949 bits per heavy atom. The van der Waals surface area contributed by atoms with Crippen molar-refractivity contribution < 1.29 is 4.42 Å². The number of hydrogen-bond donors (Lipinski definition) is 0.